The molecule has 1 unspecified atom stereocenters. The fraction of sp³-hybridized carbons (Fsp3) is 0.810. The third-order valence-corrected chi connectivity index (χ3v) is 5.87. The van der Waals surface area contributed by atoms with Crippen LogP contribution in [-0.2, 0) is 14.3 Å². The zero-order chi connectivity index (χ0) is 18.2. The molecule has 2 saturated carbocycles. The molecule has 0 aromatic carbocycles. The van der Waals surface area contributed by atoms with Crippen LogP contribution in [0.4, 0.5) is 0 Å². The van der Waals surface area contributed by atoms with Gasteiger partial charge < -0.3 is 9.84 Å². The fourth-order valence-electron chi connectivity index (χ4n) is 4.69. The molecule has 0 aliphatic heterocycles. The van der Waals surface area contributed by atoms with Crippen LogP contribution < -0.4 is 0 Å². The normalized spacial score (nSPS) is 31.4. The molecule has 0 radical (unpaired) electrons. The summed E-state index contributed by atoms with van der Waals surface area (Å²) in [6.07, 6.45) is 11.6. The summed E-state index contributed by atoms with van der Waals surface area (Å²) in [7, 11) is 0. The smallest absolute Gasteiger partial charge is 0.306 e. The van der Waals surface area contributed by atoms with Gasteiger partial charge in [0, 0.05) is 18.8 Å². The summed E-state index contributed by atoms with van der Waals surface area (Å²) in [5.41, 5.74) is 0. The van der Waals surface area contributed by atoms with Crippen LogP contribution in [-0.4, -0.2) is 29.6 Å². The lowest BCUT2D eigenvalue weighted by atomic mass is 9.89. The average Bonchev–Trinajstić information content (AvgIpc) is 3.06. The van der Waals surface area contributed by atoms with Gasteiger partial charge in [-0.3, -0.25) is 9.59 Å². The van der Waals surface area contributed by atoms with Crippen LogP contribution in [0.25, 0.3) is 0 Å². The maximum atomic E-state index is 12.0. The summed E-state index contributed by atoms with van der Waals surface area (Å²) < 4.78 is 5.06. The van der Waals surface area contributed by atoms with Crippen LogP contribution in [0.15, 0.2) is 12.2 Å². The van der Waals surface area contributed by atoms with E-state index in [0.29, 0.717) is 37.2 Å². The molecular weight excluding hydrogens is 316 g/mol. The summed E-state index contributed by atoms with van der Waals surface area (Å²) in [4.78, 5) is 23.7. The van der Waals surface area contributed by atoms with Crippen molar-refractivity contribution in [1.82, 2.24) is 0 Å². The van der Waals surface area contributed by atoms with Crippen LogP contribution in [0.2, 0.25) is 0 Å². The number of fused-ring (bicyclic) bond motifs is 1. The fourth-order valence-corrected chi connectivity index (χ4v) is 4.69. The zero-order valence-electron chi connectivity index (χ0n) is 15.8. The molecule has 2 fully saturated rings. The second-order valence-corrected chi connectivity index (χ2v) is 7.79. The molecule has 25 heavy (non-hydrogen) atoms. The molecular formula is C21H34O4. The van der Waals surface area contributed by atoms with Crippen LogP contribution in [0.1, 0.15) is 71.6 Å². The first-order valence-corrected chi connectivity index (χ1v) is 10.1. The number of unbranched alkanes of at least 4 members (excludes halogenated alkanes) is 3. The van der Waals surface area contributed by atoms with Gasteiger partial charge in [0.25, 0.3) is 0 Å². The van der Waals surface area contributed by atoms with Gasteiger partial charge in [-0.15, -0.1) is 0 Å². The number of esters is 1. The van der Waals surface area contributed by atoms with E-state index in [2.05, 4.69) is 6.92 Å². The Balaban J connectivity index is 1.81. The number of carbonyl (C=O) groups excluding carboxylic acids is 2. The molecule has 5 atom stereocenters. The molecule has 2 aliphatic carbocycles. The first kappa shape index (κ1) is 20.2. The molecule has 2 rings (SSSR count). The van der Waals surface area contributed by atoms with Gasteiger partial charge in [0.1, 0.15) is 0 Å². The Morgan fingerprint density at radius 1 is 1.12 bits per heavy atom. The number of rotatable bonds is 10. The molecule has 4 nitrogen and oxygen atoms in total. The summed E-state index contributed by atoms with van der Waals surface area (Å²) in [6, 6.07) is 0. The first-order chi connectivity index (χ1) is 12.0. The number of hydrogen-bond donors (Lipinski definition) is 1. The van der Waals surface area contributed by atoms with Gasteiger partial charge in [0.2, 0.25) is 0 Å². The second-order valence-electron chi connectivity index (χ2n) is 7.79. The largest absolute Gasteiger partial charge is 0.466 e. The van der Waals surface area contributed by atoms with Crippen molar-refractivity contribution in [3.63, 3.8) is 0 Å². The summed E-state index contributed by atoms with van der Waals surface area (Å²) >= 11 is 0. The molecule has 0 saturated heterocycles. The van der Waals surface area contributed by atoms with Crippen molar-refractivity contribution < 1.29 is 19.4 Å². The Morgan fingerprint density at radius 3 is 2.64 bits per heavy atom. The van der Waals surface area contributed by atoms with E-state index in [0.717, 1.165) is 32.1 Å². The van der Waals surface area contributed by atoms with E-state index in [1.807, 2.05) is 13.0 Å². The predicted molar refractivity (Wildman–Crippen MR) is 98.0 cm³/mol. The van der Waals surface area contributed by atoms with Crippen LogP contribution in [0, 0.1) is 23.7 Å². The lowest BCUT2D eigenvalue weighted by molar-refractivity contribution is -0.144. The number of carbonyl (C=O) groups is 2. The summed E-state index contributed by atoms with van der Waals surface area (Å²) in [5.74, 6) is 1.37. The molecule has 0 bridgehead atoms. The van der Waals surface area contributed by atoms with Gasteiger partial charge >= 0.3 is 5.97 Å². The summed E-state index contributed by atoms with van der Waals surface area (Å²) in [6.45, 7) is 4.43. The van der Waals surface area contributed by atoms with Crippen molar-refractivity contribution in [2.75, 3.05) is 6.61 Å². The predicted octanol–water partition coefficient (Wildman–Crippen LogP) is 4.06. The Labute approximate surface area is 152 Å². The van der Waals surface area contributed by atoms with E-state index in [1.54, 1.807) is 6.08 Å². The second kappa shape index (κ2) is 10.1. The lowest BCUT2D eigenvalue weighted by Gasteiger charge is -2.18. The molecule has 0 aromatic rings. The quantitative estimate of drug-likeness (QED) is 0.367. The van der Waals surface area contributed by atoms with Gasteiger partial charge in [0.15, 0.2) is 5.78 Å². The maximum absolute atomic E-state index is 12.0. The SMILES string of the molecule is CCCCCCC(=O)C=C[C@@H]1[C@@H]2CC(CC(=O)OCC)C[C@H]2C[C@H]1O. The Hall–Kier alpha value is -1.16. The Bertz CT molecular complexity index is 471. The van der Waals surface area contributed by atoms with Crippen molar-refractivity contribution in [2.24, 2.45) is 23.7 Å². The minimum absolute atomic E-state index is 0.0665. The Kier molecular flexibility index (Phi) is 8.14. The molecule has 1 N–H and O–H groups in total. The average molecular weight is 350 g/mol. The molecule has 142 valence electrons. The van der Waals surface area contributed by atoms with Crippen LogP contribution in [0.3, 0.4) is 0 Å². The highest BCUT2D eigenvalue weighted by Crippen LogP contribution is 2.51. The van der Waals surface area contributed by atoms with Gasteiger partial charge in [-0.25, -0.2) is 0 Å². The van der Waals surface area contributed by atoms with Crippen molar-refractivity contribution in [3.8, 4) is 0 Å². The molecule has 0 heterocycles. The number of ether oxygens (including phenoxy) is 1. The molecule has 0 amide bonds. The third kappa shape index (κ3) is 5.95. The van der Waals surface area contributed by atoms with Crippen molar-refractivity contribution >= 4 is 11.8 Å². The molecule has 4 heteroatoms. The van der Waals surface area contributed by atoms with Crippen molar-refractivity contribution in [1.29, 1.82) is 0 Å². The van der Waals surface area contributed by atoms with Crippen LogP contribution >= 0.6 is 0 Å². The van der Waals surface area contributed by atoms with E-state index < -0.39 is 0 Å². The molecule has 0 aromatic heterocycles. The monoisotopic (exact) mass is 350 g/mol. The van der Waals surface area contributed by atoms with Crippen LogP contribution in [0.5, 0.6) is 0 Å². The number of aliphatic hydroxyl groups excluding tert-OH is 1. The van der Waals surface area contributed by atoms with Gasteiger partial charge in [-0.1, -0.05) is 32.3 Å². The minimum Gasteiger partial charge on any atom is -0.466 e. The maximum Gasteiger partial charge on any atom is 0.306 e. The molecule has 2 aliphatic rings. The van der Waals surface area contributed by atoms with Crippen molar-refractivity contribution in [2.45, 2.75) is 77.7 Å². The standard InChI is InChI=1S/C21H34O4/c1-3-5-6-7-8-17(22)9-10-18-19-12-15(13-21(24)25-4-2)11-16(19)14-20(18)23/h9-10,15-16,18-20,23H,3-8,11-14H2,1-2H3/t15?,16-,18+,19+,20+/m0/s1. The van der Waals surface area contributed by atoms with E-state index in [9.17, 15) is 14.7 Å². The lowest BCUT2D eigenvalue weighted by Crippen LogP contribution is -2.18. The van der Waals surface area contributed by atoms with E-state index >= 15 is 0 Å². The van der Waals surface area contributed by atoms with E-state index in [-0.39, 0.29) is 23.8 Å². The highest BCUT2D eigenvalue weighted by Gasteiger charge is 2.47. The summed E-state index contributed by atoms with van der Waals surface area (Å²) in [5, 5.41) is 10.4. The Morgan fingerprint density at radius 2 is 1.92 bits per heavy atom. The highest BCUT2D eigenvalue weighted by atomic mass is 16.5. The zero-order valence-corrected chi connectivity index (χ0v) is 15.8. The number of ketones is 1. The number of aliphatic hydroxyl groups is 1. The van der Waals surface area contributed by atoms with Gasteiger partial charge in [0.05, 0.1) is 12.7 Å². The van der Waals surface area contributed by atoms with E-state index in [4.69, 9.17) is 4.74 Å². The number of hydrogen-bond acceptors (Lipinski definition) is 4. The minimum atomic E-state index is -0.345. The number of allylic oxidation sites excluding steroid dienone is 1. The molecule has 0 spiro atoms. The highest BCUT2D eigenvalue weighted by molar-refractivity contribution is 5.89. The van der Waals surface area contributed by atoms with Gasteiger partial charge in [-0.05, 0) is 56.4 Å². The van der Waals surface area contributed by atoms with Crippen molar-refractivity contribution in [3.05, 3.63) is 12.2 Å². The topological polar surface area (TPSA) is 63.6 Å². The van der Waals surface area contributed by atoms with E-state index in [1.165, 1.54) is 12.8 Å². The first-order valence-electron chi connectivity index (χ1n) is 10.1. The van der Waals surface area contributed by atoms with Gasteiger partial charge in [-0.2, -0.15) is 0 Å². The third-order valence-electron chi connectivity index (χ3n) is 5.87.